The maximum absolute atomic E-state index is 11.4. The Bertz CT molecular complexity index is 765. The molecule has 0 radical (unpaired) electrons. The molecule has 1 unspecified atom stereocenters. The first-order valence-electron chi connectivity index (χ1n) is 8.33. The number of benzene rings is 1. The summed E-state index contributed by atoms with van der Waals surface area (Å²) in [5.41, 5.74) is 1.11. The number of thioether (sulfide) groups is 1. The summed E-state index contributed by atoms with van der Waals surface area (Å²) < 4.78 is 11.0. The average Bonchev–Trinajstić information content (AvgIpc) is 3.03. The maximum Gasteiger partial charge on any atom is 0.308 e. The van der Waals surface area contributed by atoms with E-state index in [0.29, 0.717) is 18.9 Å². The summed E-state index contributed by atoms with van der Waals surface area (Å²) in [6, 6.07) is 13.7. The number of aromatic nitrogens is 1. The van der Waals surface area contributed by atoms with Crippen LogP contribution in [0.25, 0.3) is 0 Å². The Kier molecular flexibility index (Phi) is 6.12. The van der Waals surface area contributed by atoms with Crippen LogP contribution in [0.15, 0.2) is 53.7 Å². The minimum atomic E-state index is -0.191. The van der Waals surface area contributed by atoms with Crippen LogP contribution in [0.3, 0.4) is 0 Å². The van der Waals surface area contributed by atoms with Crippen LogP contribution < -0.4 is 9.64 Å². The highest BCUT2D eigenvalue weighted by molar-refractivity contribution is 8.15. The van der Waals surface area contributed by atoms with Gasteiger partial charge in [0.2, 0.25) is 5.90 Å². The van der Waals surface area contributed by atoms with Gasteiger partial charge in [-0.05, 0) is 48.0 Å². The van der Waals surface area contributed by atoms with Gasteiger partial charge >= 0.3 is 5.24 Å². The molecule has 1 amide bonds. The van der Waals surface area contributed by atoms with Gasteiger partial charge in [-0.3, -0.25) is 4.79 Å². The lowest BCUT2D eigenvalue weighted by atomic mass is 10.1. The molecule has 0 spiro atoms. The highest BCUT2D eigenvalue weighted by atomic mass is 32.2. The number of hydrogen-bond acceptors (Lipinski definition) is 6. The molecule has 1 aliphatic rings. The smallest absolute Gasteiger partial charge is 0.308 e. The summed E-state index contributed by atoms with van der Waals surface area (Å²) in [5, 5.41) is -0.241. The van der Waals surface area contributed by atoms with Gasteiger partial charge < -0.3 is 14.4 Å². The lowest BCUT2D eigenvalue weighted by Crippen LogP contribution is -2.24. The van der Waals surface area contributed by atoms with Crippen LogP contribution in [0, 0.1) is 0 Å². The van der Waals surface area contributed by atoms with E-state index in [1.807, 2.05) is 54.4 Å². The zero-order valence-electron chi connectivity index (χ0n) is 14.8. The first kappa shape index (κ1) is 18.3. The standard InChI is InChI=1S/C19H21N3O3S/c1-22(17-5-3-4-10-20-17)11-12-25-15-8-6-14(7-9-15)13-16-18(24-2)21-19(23)26-16/h3-10,16H,11-13H2,1-2H3. The molecule has 1 aromatic carbocycles. The highest BCUT2D eigenvalue weighted by Gasteiger charge is 2.28. The third-order valence-corrected chi connectivity index (χ3v) is 4.96. The van der Waals surface area contributed by atoms with Gasteiger partial charge in [0, 0.05) is 13.2 Å². The second-order valence-corrected chi connectivity index (χ2v) is 6.99. The molecule has 0 saturated carbocycles. The van der Waals surface area contributed by atoms with E-state index in [4.69, 9.17) is 9.47 Å². The molecule has 6 nitrogen and oxygen atoms in total. The summed E-state index contributed by atoms with van der Waals surface area (Å²) in [7, 11) is 3.54. The largest absolute Gasteiger partial charge is 0.492 e. The Morgan fingerprint density at radius 2 is 2.00 bits per heavy atom. The second kappa shape index (κ2) is 8.71. The molecule has 1 aromatic heterocycles. The predicted molar refractivity (Wildman–Crippen MR) is 104 cm³/mol. The molecule has 26 heavy (non-hydrogen) atoms. The molecule has 7 heteroatoms. The number of ether oxygens (including phenoxy) is 2. The molecule has 0 fully saturated rings. The van der Waals surface area contributed by atoms with Crippen molar-refractivity contribution in [3.63, 3.8) is 0 Å². The number of methoxy groups -OCH3 is 1. The first-order valence-corrected chi connectivity index (χ1v) is 9.21. The maximum atomic E-state index is 11.4. The number of nitrogens with zero attached hydrogens (tertiary/aromatic N) is 3. The van der Waals surface area contributed by atoms with Crippen molar-refractivity contribution in [3.8, 4) is 5.75 Å². The van der Waals surface area contributed by atoms with Gasteiger partial charge in [-0.25, -0.2) is 4.98 Å². The number of pyridine rings is 1. The molecule has 3 rings (SSSR count). The van der Waals surface area contributed by atoms with Gasteiger partial charge in [0.15, 0.2) is 0 Å². The van der Waals surface area contributed by atoms with Gasteiger partial charge in [0.1, 0.15) is 18.2 Å². The van der Waals surface area contributed by atoms with Gasteiger partial charge in [-0.1, -0.05) is 18.2 Å². The van der Waals surface area contributed by atoms with E-state index in [1.165, 1.54) is 11.8 Å². The Morgan fingerprint density at radius 1 is 1.19 bits per heavy atom. The van der Waals surface area contributed by atoms with E-state index in [9.17, 15) is 4.79 Å². The van der Waals surface area contributed by atoms with E-state index >= 15 is 0 Å². The Balaban J connectivity index is 1.47. The van der Waals surface area contributed by atoms with E-state index < -0.39 is 0 Å². The molecule has 0 saturated heterocycles. The van der Waals surface area contributed by atoms with Crippen LogP contribution >= 0.6 is 11.8 Å². The van der Waals surface area contributed by atoms with Crippen molar-refractivity contribution in [1.29, 1.82) is 0 Å². The summed E-state index contributed by atoms with van der Waals surface area (Å²) in [4.78, 5) is 21.6. The van der Waals surface area contributed by atoms with Crippen molar-refractivity contribution < 1.29 is 14.3 Å². The van der Waals surface area contributed by atoms with Crippen molar-refractivity contribution in [2.45, 2.75) is 11.7 Å². The second-order valence-electron chi connectivity index (χ2n) is 5.83. The lowest BCUT2D eigenvalue weighted by Gasteiger charge is -2.18. The van der Waals surface area contributed by atoms with Crippen LogP contribution in [-0.2, 0) is 11.2 Å². The fraction of sp³-hybridized carbons (Fsp3) is 0.316. The fourth-order valence-electron chi connectivity index (χ4n) is 2.60. The number of likely N-dealkylation sites (N-methyl/N-ethyl adjacent to an activating group) is 1. The molecular weight excluding hydrogens is 350 g/mol. The Morgan fingerprint density at radius 3 is 2.69 bits per heavy atom. The molecule has 0 bridgehead atoms. The van der Waals surface area contributed by atoms with Crippen molar-refractivity contribution in [1.82, 2.24) is 4.98 Å². The third-order valence-electron chi connectivity index (χ3n) is 4.01. The third kappa shape index (κ3) is 4.76. The molecule has 0 N–H and O–H groups in total. The molecule has 0 aliphatic carbocycles. The van der Waals surface area contributed by atoms with Crippen molar-refractivity contribution >= 4 is 28.7 Å². The Labute approximate surface area is 157 Å². The lowest BCUT2D eigenvalue weighted by molar-refractivity contribution is 0.267. The normalized spacial score (nSPS) is 16.3. The van der Waals surface area contributed by atoms with Crippen LogP contribution in [0.1, 0.15) is 5.56 Å². The number of amides is 1. The minimum absolute atomic E-state index is 0.0497. The van der Waals surface area contributed by atoms with Crippen LogP contribution in [0.5, 0.6) is 5.75 Å². The number of carbonyl (C=O) groups excluding carboxylic acids is 1. The van der Waals surface area contributed by atoms with Gasteiger partial charge in [-0.15, -0.1) is 0 Å². The van der Waals surface area contributed by atoms with Crippen LogP contribution in [0.4, 0.5) is 10.6 Å². The van der Waals surface area contributed by atoms with E-state index in [1.54, 1.807) is 13.3 Å². The number of rotatable bonds is 7. The van der Waals surface area contributed by atoms with Gasteiger partial charge in [-0.2, -0.15) is 4.99 Å². The topological polar surface area (TPSA) is 64.0 Å². The number of carbonyl (C=O) groups is 1. The van der Waals surface area contributed by atoms with Crippen LogP contribution in [-0.4, -0.2) is 48.7 Å². The number of hydrogen-bond donors (Lipinski definition) is 0. The number of anilines is 1. The van der Waals surface area contributed by atoms with Crippen molar-refractivity contribution in [3.05, 3.63) is 54.2 Å². The molecule has 2 aromatic rings. The zero-order valence-corrected chi connectivity index (χ0v) is 15.6. The molecule has 1 atom stereocenters. The summed E-state index contributed by atoms with van der Waals surface area (Å²) in [6.07, 6.45) is 2.48. The molecular formula is C19H21N3O3S. The SMILES string of the molecule is COC1=NC(=O)SC1Cc1ccc(OCCN(C)c2ccccn2)cc1. The molecule has 1 aliphatic heterocycles. The predicted octanol–water partition coefficient (Wildman–Crippen LogP) is 3.42. The molecule has 136 valence electrons. The highest BCUT2D eigenvalue weighted by Crippen LogP contribution is 2.27. The summed E-state index contributed by atoms with van der Waals surface area (Å²) in [5.74, 6) is 2.24. The van der Waals surface area contributed by atoms with Crippen LogP contribution in [0.2, 0.25) is 0 Å². The minimum Gasteiger partial charge on any atom is -0.492 e. The monoisotopic (exact) mass is 371 g/mol. The van der Waals surface area contributed by atoms with E-state index in [2.05, 4.69) is 9.98 Å². The summed E-state index contributed by atoms with van der Waals surface area (Å²) >= 11 is 1.20. The summed E-state index contributed by atoms with van der Waals surface area (Å²) in [6.45, 7) is 1.31. The fourth-order valence-corrected chi connectivity index (χ4v) is 3.51. The number of aliphatic imine (C=N–C) groups is 1. The van der Waals surface area contributed by atoms with Gasteiger partial charge in [0.05, 0.1) is 18.9 Å². The van der Waals surface area contributed by atoms with Crippen molar-refractivity contribution in [2.24, 2.45) is 4.99 Å². The quantitative estimate of drug-likeness (QED) is 0.743. The average molecular weight is 371 g/mol. The van der Waals surface area contributed by atoms with Crippen molar-refractivity contribution in [2.75, 3.05) is 32.2 Å². The zero-order chi connectivity index (χ0) is 18.4. The van der Waals surface area contributed by atoms with E-state index in [0.717, 1.165) is 23.7 Å². The van der Waals surface area contributed by atoms with E-state index in [-0.39, 0.29) is 10.5 Å². The first-order chi connectivity index (χ1) is 12.7. The Hall–Kier alpha value is -2.54. The molecule has 2 heterocycles. The van der Waals surface area contributed by atoms with Gasteiger partial charge in [0.25, 0.3) is 0 Å².